The minimum atomic E-state index is -0.0622. The third kappa shape index (κ3) is 4.88. The van der Waals surface area contributed by atoms with Gasteiger partial charge in [-0.1, -0.05) is 41.9 Å². The molecular weight excluding hydrogens is 514 g/mol. The van der Waals surface area contributed by atoms with Crippen molar-refractivity contribution in [3.63, 3.8) is 0 Å². The molecule has 7 heteroatoms. The van der Waals surface area contributed by atoms with Crippen molar-refractivity contribution in [3.05, 3.63) is 108 Å². The number of hydrogen-bond donors (Lipinski definition) is 1. The number of aromatic nitrogens is 2. The summed E-state index contributed by atoms with van der Waals surface area (Å²) in [6, 6.07) is 29.8. The quantitative estimate of drug-likeness (QED) is 0.224. The number of carbonyl (C=O) groups excluding carboxylic acids is 1. The van der Waals surface area contributed by atoms with Crippen LogP contribution in [0.3, 0.4) is 0 Å². The molecule has 0 saturated heterocycles. The Labute approximate surface area is 229 Å². The average molecular weight is 538 g/mol. The van der Waals surface area contributed by atoms with Crippen molar-refractivity contribution in [1.29, 1.82) is 0 Å². The summed E-state index contributed by atoms with van der Waals surface area (Å²) in [4.78, 5) is 19.0. The Bertz CT molecular complexity index is 1720. The molecule has 0 saturated carbocycles. The van der Waals surface area contributed by atoms with Gasteiger partial charge in [-0.3, -0.25) is 4.79 Å². The molecule has 0 radical (unpaired) electrons. The number of anilines is 1. The van der Waals surface area contributed by atoms with Crippen molar-refractivity contribution in [1.82, 2.24) is 9.38 Å². The number of rotatable bonds is 7. The zero-order valence-electron chi connectivity index (χ0n) is 20.6. The van der Waals surface area contributed by atoms with Crippen LogP contribution in [-0.2, 0) is 11.2 Å². The second-order valence-corrected chi connectivity index (χ2v) is 10.5. The van der Waals surface area contributed by atoms with Gasteiger partial charge in [0, 0.05) is 44.0 Å². The number of halogens is 1. The highest BCUT2D eigenvalue weighted by Crippen LogP contribution is 2.35. The van der Waals surface area contributed by atoms with E-state index in [0.717, 1.165) is 39.6 Å². The summed E-state index contributed by atoms with van der Waals surface area (Å²) in [7, 11) is 1.62. The molecule has 0 fully saturated rings. The van der Waals surface area contributed by atoms with Crippen LogP contribution in [0.1, 0.15) is 12.1 Å². The molecule has 0 spiro atoms. The molecule has 1 N–H and O–H groups in total. The normalized spacial score (nSPS) is 11.2. The van der Waals surface area contributed by atoms with Crippen LogP contribution in [0.25, 0.3) is 37.4 Å². The number of amides is 1. The fourth-order valence-electron chi connectivity index (χ4n) is 4.57. The maximum absolute atomic E-state index is 12.9. The minimum absolute atomic E-state index is 0.0622. The predicted octanol–water partition coefficient (Wildman–Crippen LogP) is 8.12. The third-order valence-corrected chi connectivity index (χ3v) is 7.92. The number of imidazole rings is 1. The van der Waals surface area contributed by atoms with Crippen LogP contribution < -0.4 is 10.1 Å². The SMILES string of the molecule is COc1ccc(NC(=O)CCc2c(-c3ccc(Cl)cc3)nc3ccc(-c4cc5ccccc5s4)cn23)cc1. The zero-order valence-corrected chi connectivity index (χ0v) is 22.2. The van der Waals surface area contributed by atoms with E-state index in [0.29, 0.717) is 17.9 Å². The molecule has 5 nitrogen and oxygen atoms in total. The van der Waals surface area contributed by atoms with Crippen LogP contribution in [0.4, 0.5) is 5.69 Å². The Morgan fingerprint density at radius 3 is 2.50 bits per heavy atom. The van der Waals surface area contributed by atoms with Crippen molar-refractivity contribution in [3.8, 4) is 27.4 Å². The summed E-state index contributed by atoms with van der Waals surface area (Å²) in [6.45, 7) is 0. The Kier molecular flexibility index (Phi) is 6.58. The maximum atomic E-state index is 12.9. The van der Waals surface area contributed by atoms with E-state index < -0.39 is 0 Å². The highest BCUT2D eigenvalue weighted by Gasteiger charge is 2.17. The number of hydrogen-bond acceptors (Lipinski definition) is 4. The highest BCUT2D eigenvalue weighted by molar-refractivity contribution is 7.22. The van der Waals surface area contributed by atoms with Crippen molar-refractivity contribution in [2.24, 2.45) is 0 Å². The van der Waals surface area contributed by atoms with Crippen molar-refractivity contribution >= 4 is 50.3 Å². The number of benzene rings is 3. The summed E-state index contributed by atoms with van der Waals surface area (Å²) >= 11 is 7.92. The van der Waals surface area contributed by atoms with Crippen molar-refractivity contribution in [2.45, 2.75) is 12.8 Å². The van der Waals surface area contributed by atoms with Gasteiger partial charge in [-0.2, -0.15) is 0 Å². The molecule has 0 bridgehead atoms. The van der Waals surface area contributed by atoms with Gasteiger partial charge in [-0.15, -0.1) is 11.3 Å². The monoisotopic (exact) mass is 537 g/mol. The largest absolute Gasteiger partial charge is 0.497 e. The highest BCUT2D eigenvalue weighted by atomic mass is 35.5. The molecule has 0 aliphatic heterocycles. The first-order valence-corrected chi connectivity index (χ1v) is 13.5. The van der Waals surface area contributed by atoms with Gasteiger partial charge >= 0.3 is 0 Å². The fraction of sp³-hybridized carbons (Fsp3) is 0.0968. The molecular formula is C31H24ClN3O2S. The Hall–Kier alpha value is -4.13. The molecule has 0 aliphatic carbocycles. The molecule has 188 valence electrons. The van der Waals surface area contributed by atoms with Crippen molar-refractivity contribution < 1.29 is 9.53 Å². The number of aryl methyl sites for hydroxylation is 1. The first kappa shape index (κ1) is 24.2. The minimum Gasteiger partial charge on any atom is -0.497 e. The summed E-state index contributed by atoms with van der Waals surface area (Å²) in [5.41, 5.74) is 5.49. The first-order valence-electron chi connectivity index (χ1n) is 12.3. The zero-order chi connectivity index (χ0) is 26.1. The predicted molar refractivity (Wildman–Crippen MR) is 156 cm³/mol. The molecule has 3 heterocycles. The number of thiophene rings is 1. The molecule has 0 atom stereocenters. The number of carbonyl (C=O) groups is 1. The fourth-order valence-corrected chi connectivity index (χ4v) is 5.75. The van der Waals surface area contributed by atoms with Gasteiger partial charge in [-0.05, 0) is 72.5 Å². The van der Waals surface area contributed by atoms with Crippen LogP contribution in [0.5, 0.6) is 5.75 Å². The van der Waals surface area contributed by atoms with E-state index in [1.54, 1.807) is 18.4 Å². The smallest absolute Gasteiger partial charge is 0.224 e. The molecule has 3 aromatic heterocycles. The molecule has 38 heavy (non-hydrogen) atoms. The van der Waals surface area contributed by atoms with E-state index in [9.17, 15) is 4.79 Å². The number of methoxy groups -OCH3 is 1. The van der Waals surface area contributed by atoms with Crippen LogP contribution in [0.2, 0.25) is 5.02 Å². The van der Waals surface area contributed by atoms with Crippen molar-refractivity contribution in [2.75, 3.05) is 12.4 Å². The number of ether oxygens (including phenoxy) is 1. The van der Waals surface area contributed by atoms with Crippen LogP contribution in [-0.4, -0.2) is 22.4 Å². The van der Waals surface area contributed by atoms with E-state index >= 15 is 0 Å². The van der Waals surface area contributed by atoms with Gasteiger partial charge in [0.15, 0.2) is 0 Å². The van der Waals surface area contributed by atoms with E-state index in [2.05, 4.69) is 52.3 Å². The molecule has 0 unspecified atom stereocenters. The summed E-state index contributed by atoms with van der Waals surface area (Å²) < 4.78 is 8.57. The number of nitrogens with zero attached hydrogens (tertiary/aromatic N) is 2. The molecule has 1 amide bonds. The van der Waals surface area contributed by atoms with Gasteiger partial charge in [-0.25, -0.2) is 4.98 Å². The second-order valence-electron chi connectivity index (χ2n) is 8.99. The average Bonchev–Trinajstić information content (AvgIpc) is 3.54. The van der Waals surface area contributed by atoms with Gasteiger partial charge in [0.05, 0.1) is 18.5 Å². The number of pyridine rings is 1. The Morgan fingerprint density at radius 2 is 1.74 bits per heavy atom. The van der Waals surface area contributed by atoms with E-state index in [1.165, 1.54) is 15.0 Å². The van der Waals surface area contributed by atoms with Crippen LogP contribution in [0, 0.1) is 0 Å². The summed E-state index contributed by atoms with van der Waals surface area (Å²) in [5.74, 6) is 0.684. The summed E-state index contributed by atoms with van der Waals surface area (Å²) in [5, 5.41) is 4.89. The number of fused-ring (bicyclic) bond motifs is 2. The van der Waals surface area contributed by atoms with E-state index in [4.69, 9.17) is 21.3 Å². The lowest BCUT2D eigenvalue weighted by Crippen LogP contribution is -2.13. The Morgan fingerprint density at radius 1 is 0.974 bits per heavy atom. The Balaban J connectivity index is 1.35. The van der Waals surface area contributed by atoms with Gasteiger partial charge in [0.25, 0.3) is 0 Å². The molecule has 3 aromatic carbocycles. The summed E-state index contributed by atoms with van der Waals surface area (Å²) in [6.07, 6.45) is 2.97. The lowest BCUT2D eigenvalue weighted by atomic mass is 10.1. The van der Waals surface area contributed by atoms with Crippen LogP contribution >= 0.6 is 22.9 Å². The van der Waals surface area contributed by atoms with Gasteiger partial charge in [0.2, 0.25) is 5.91 Å². The van der Waals surface area contributed by atoms with E-state index in [1.807, 2.05) is 54.6 Å². The molecule has 6 rings (SSSR count). The van der Waals surface area contributed by atoms with Crippen LogP contribution in [0.15, 0.2) is 97.2 Å². The van der Waals surface area contributed by atoms with Gasteiger partial charge < -0.3 is 14.5 Å². The standard InChI is InChI=1S/C31H24ClN3O2S/c1-37-25-13-11-24(12-14-25)33-30(36)17-15-26-31(20-6-9-23(32)10-7-20)34-29-16-8-22(19-35(26)29)28-18-21-4-2-3-5-27(21)38-28/h2-14,16,18-19H,15,17H2,1H3,(H,33,36). The van der Waals surface area contributed by atoms with E-state index in [-0.39, 0.29) is 5.91 Å². The number of nitrogens with one attached hydrogen (secondary N) is 1. The third-order valence-electron chi connectivity index (χ3n) is 6.51. The molecule has 0 aliphatic rings. The second kappa shape index (κ2) is 10.3. The maximum Gasteiger partial charge on any atom is 0.224 e. The lowest BCUT2D eigenvalue weighted by molar-refractivity contribution is -0.116. The lowest BCUT2D eigenvalue weighted by Gasteiger charge is -2.09. The molecule has 6 aromatic rings. The van der Waals surface area contributed by atoms with Gasteiger partial charge in [0.1, 0.15) is 11.4 Å². The first-order chi connectivity index (χ1) is 18.6. The topological polar surface area (TPSA) is 55.6 Å².